The van der Waals surface area contributed by atoms with Gasteiger partial charge in [-0.15, -0.1) is 0 Å². The molecule has 1 N–H and O–H groups in total. The van der Waals surface area contributed by atoms with Crippen LogP contribution in [0.25, 0.3) is 0 Å². The molecule has 2 rings (SSSR count). The zero-order valence-electron chi connectivity index (χ0n) is 14.0. The largest absolute Gasteiger partial charge is 0.463 e. The van der Waals surface area contributed by atoms with Gasteiger partial charge in [0.05, 0.1) is 13.1 Å². The number of furan rings is 1. The first-order valence-corrected chi connectivity index (χ1v) is 8.60. The minimum Gasteiger partial charge on any atom is -0.463 e. The normalized spacial score (nSPS) is 17.0. The number of rotatable bonds is 8. The first-order valence-electron chi connectivity index (χ1n) is 8.60. The molecular weight excluding hydrogens is 260 g/mol. The minimum atomic E-state index is 0.682. The average Bonchev–Trinajstić information content (AvgIpc) is 2.86. The van der Waals surface area contributed by atoms with Crippen LogP contribution in [-0.4, -0.2) is 25.0 Å². The highest BCUT2D eigenvalue weighted by Gasteiger charge is 2.16. The van der Waals surface area contributed by atoms with Crippen LogP contribution < -0.4 is 5.32 Å². The van der Waals surface area contributed by atoms with Crippen LogP contribution in [0.15, 0.2) is 16.5 Å². The standard InChI is InChI=1S/C18H32N2O/c1-15(2)11-19-12-17-9-10-18(21-17)14-20(3)13-16-7-5-4-6-8-16/h9-10,15-16,19H,4-8,11-14H2,1-3H3. The lowest BCUT2D eigenvalue weighted by Gasteiger charge is -2.26. The van der Waals surface area contributed by atoms with Crippen LogP contribution in [0.4, 0.5) is 0 Å². The van der Waals surface area contributed by atoms with Gasteiger partial charge in [-0.2, -0.15) is 0 Å². The fraction of sp³-hybridized carbons (Fsp3) is 0.778. The van der Waals surface area contributed by atoms with Crippen molar-refractivity contribution >= 4 is 0 Å². The first kappa shape index (κ1) is 16.6. The van der Waals surface area contributed by atoms with E-state index in [4.69, 9.17) is 4.42 Å². The van der Waals surface area contributed by atoms with Crippen molar-refractivity contribution in [2.24, 2.45) is 11.8 Å². The summed E-state index contributed by atoms with van der Waals surface area (Å²) in [7, 11) is 2.22. The summed E-state index contributed by atoms with van der Waals surface area (Å²) in [5.74, 6) is 3.72. The third kappa shape index (κ3) is 6.23. The third-order valence-corrected chi connectivity index (χ3v) is 4.29. The van der Waals surface area contributed by atoms with E-state index in [1.54, 1.807) is 0 Å². The summed E-state index contributed by atoms with van der Waals surface area (Å²) in [5, 5.41) is 3.43. The summed E-state index contributed by atoms with van der Waals surface area (Å²) in [6.45, 7) is 8.46. The van der Waals surface area contributed by atoms with E-state index in [0.29, 0.717) is 5.92 Å². The van der Waals surface area contributed by atoms with Crippen LogP contribution in [-0.2, 0) is 13.1 Å². The Labute approximate surface area is 130 Å². The molecule has 1 aromatic rings. The van der Waals surface area contributed by atoms with E-state index in [9.17, 15) is 0 Å². The van der Waals surface area contributed by atoms with Gasteiger partial charge in [-0.1, -0.05) is 33.1 Å². The van der Waals surface area contributed by atoms with Gasteiger partial charge in [-0.05, 0) is 50.4 Å². The molecule has 0 spiro atoms. The Kier molecular flexibility index (Phi) is 6.78. The summed E-state index contributed by atoms with van der Waals surface area (Å²) >= 11 is 0. The molecule has 0 atom stereocenters. The molecule has 21 heavy (non-hydrogen) atoms. The Morgan fingerprint density at radius 2 is 1.90 bits per heavy atom. The number of hydrogen-bond acceptors (Lipinski definition) is 3. The van der Waals surface area contributed by atoms with Crippen molar-refractivity contribution in [2.45, 2.75) is 59.0 Å². The van der Waals surface area contributed by atoms with Crippen LogP contribution in [0.1, 0.15) is 57.5 Å². The van der Waals surface area contributed by atoms with Crippen molar-refractivity contribution in [3.05, 3.63) is 23.7 Å². The van der Waals surface area contributed by atoms with Crippen molar-refractivity contribution in [2.75, 3.05) is 20.1 Å². The van der Waals surface area contributed by atoms with Crippen LogP contribution in [0.2, 0.25) is 0 Å². The van der Waals surface area contributed by atoms with Crippen molar-refractivity contribution in [1.82, 2.24) is 10.2 Å². The molecule has 0 unspecified atom stereocenters. The number of hydrogen-bond donors (Lipinski definition) is 1. The van der Waals surface area contributed by atoms with E-state index in [0.717, 1.165) is 37.1 Å². The van der Waals surface area contributed by atoms with Crippen molar-refractivity contribution in [1.29, 1.82) is 0 Å². The quantitative estimate of drug-likeness (QED) is 0.784. The smallest absolute Gasteiger partial charge is 0.118 e. The Hall–Kier alpha value is -0.800. The molecule has 0 saturated heterocycles. The Bertz CT molecular complexity index is 394. The monoisotopic (exact) mass is 292 g/mol. The predicted octanol–water partition coefficient (Wildman–Crippen LogP) is 4.04. The van der Waals surface area contributed by atoms with Gasteiger partial charge in [-0.3, -0.25) is 4.90 Å². The van der Waals surface area contributed by atoms with Crippen molar-refractivity contribution in [3.63, 3.8) is 0 Å². The molecule has 0 aromatic carbocycles. The maximum atomic E-state index is 5.92. The molecule has 1 aliphatic carbocycles. The molecule has 0 aliphatic heterocycles. The fourth-order valence-electron chi connectivity index (χ4n) is 3.23. The van der Waals surface area contributed by atoms with E-state index >= 15 is 0 Å². The van der Waals surface area contributed by atoms with Gasteiger partial charge in [-0.25, -0.2) is 0 Å². The number of nitrogens with zero attached hydrogens (tertiary/aromatic N) is 1. The van der Waals surface area contributed by atoms with E-state index in [-0.39, 0.29) is 0 Å². The van der Waals surface area contributed by atoms with Gasteiger partial charge < -0.3 is 9.73 Å². The second-order valence-corrected chi connectivity index (χ2v) is 7.09. The summed E-state index contributed by atoms with van der Waals surface area (Å²) in [6, 6.07) is 4.24. The SMILES string of the molecule is CC(C)CNCc1ccc(CN(C)CC2CCCCC2)o1. The lowest BCUT2D eigenvalue weighted by molar-refractivity contribution is 0.214. The van der Waals surface area contributed by atoms with E-state index in [1.165, 1.54) is 38.6 Å². The van der Waals surface area contributed by atoms with Crippen molar-refractivity contribution in [3.8, 4) is 0 Å². The molecule has 0 radical (unpaired) electrons. The molecule has 1 saturated carbocycles. The molecule has 1 heterocycles. The molecule has 3 heteroatoms. The van der Waals surface area contributed by atoms with Crippen LogP contribution in [0.5, 0.6) is 0 Å². The summed E-state index contributed by atoms with van der Waals surface area (Å²) in [5.41, 5.74) is 0. The highest BCUT2D eigenvalue weighted by Crippen LogP contribution is 2.24. The van der Waals surface area contributed by atoms with E-state index < -0.39 is 0 Å². The molecule has 1 aromatic heterocycles. The second-order valence-electron chi connectivity index (χ2n) is 7.09. The number of nitrogens with one attached hydrogen (secondary N) is 1. The Morgan fingerprint density at radius 3 is 2.62 bits per heavy atom. The summed E-state index contributed by atoms with van der Waals surface area (Å²) < 4.78 is 5.92. The zero-order chi connectivity index (χ0) is 15.1. The van der Waals surface area contributed by atoms with Gasteiger partial charge in [0.2, 0.25) is 0 Å². The fourth-order valence-corrected chi connectivity index (χ4v) is 3.23. The van der Waals surface area contributed by atoms with Gasteiger partial charge in [0.1, 0.15) is 11.5 Å². The highest BCUT2D eigenvalue weighted by molar-refractivity contribution is 5.07. The van der Waals surface area contributed by atoms with Crippen LogP contribution in [0.3, 0.4) is 0 Å². The molecular formula is C18H32N2O. The van der Waals surface area contributed by atoms with Crippen LogP contribution in [0, 0.1) is 11.8 Å². The van der Waals surface area contributed by atoms with Crippen LogP contribution >= 0.6 is 0 Å². The molecule has 3 nitrogen and oxygen atoms in total. The maximum Gasteiger partial charge on any atom is 0.118 e. The second kappa shape index (κ2) is 8.60. The predicted molar refractivity (Wildman–Crippen MR) is 88.2 cm³/mol. The van der Waals surface area contributed by atoms with Crippen molar-refractivity contribution < 1.29 is 4.42 Å². The highest BCUT2D eigenvalue weighted by atomic mass is 16.3. The molecule has 0 bridgehead atoms. The third-order valence-electron chi connectivity index (χ3n) is 4.29. The zero-order valence-corrected chi connectivity index (χ0v) is 14.0. The Morgan fingerprint density at radius 1 is 1.19 bits per heavy atom. The average molecular weight is 292 g/mol. The Balaban J connectivity index is 1.70. The lowest BCUT2D eigenvalue weighted by Crippen LogP contribution is -2.26. The topological polar surface area (TPSA) is 28.4 Å². The van der Waals surface area contributed by atoms with Gasteiger partial charge >= 0.3 is 0 Å². The summed E-state index contributed by atoms with van der Waals surface area (Å²) in [4.78, 5) is 2.42. The molecule has 0 amide bonds. The molecule has 120 valence electrons. The van der Waals surface area contributed by atoms with E-state index in [2.05, 4.69) is 43.2 Å². The minimum absolute atomic E-state index is 0.682. The van der Waals surface area contributed by atoms with Gasteiger partial charge in [0.15, 0.2) is 0 Å². The van der Waals surface area contributed by atoms with Gasteiger partial charge in [0.25, 0.3) is 0 Å². The van der Waals surface area contributed by atoms with E-state index in [1.807, 2.05) is 0 Å². The lowest BCUT2D eigenvalue weighted by atomic mass is 9.89. The molecule has 1 fully saturated rings. The maximum absolute atomic E-state index is 5.92. The first-order chi connectivity index (χ1) is 10.1. The summed E-state index contributed by atoms with van der Waals surface area (Å²) in [6.07, 6.45) is 7.10. The van der Waals surface area contributed by atoms with Gasteiger partial charge in [0, 0.05) is 6.54 Å². The molecule has 1 aliphatic rings.